The minimum Gasteiger partial charge on any atom is -0.392 e. The van der Waals surface area contributed by atoms with E-state index in [0.29, 0.717) is 0 Å². The third-order valence-electron chi connectivity index (χ3n) is 2.36. The molecule has 2 unspecified atom stereocenters. The molecule has 0 saturated carbocycles. The van der Waals surface area contributed by atoms with Gasteiger partial charge in [0, 0.05) is 11.3 Å². The minimum atomic E-state index is -0.682. The highest BCUT2D eigenvalue weighted by molar-refractivity contribution is 8.00. The van der Waals surface area contributed by atoms with Crippen LogP contribution in [0, 0.1) is 11.6 Å². The summed E-state index contributed by atoms with van der Waals surface area (Å²) in [5, 5.41) is 11.4. The fourth-order valence-corrected chi connectivity index (χ4v) is 1.89. The van der Waals surface area contributed by atoms with Crippen LogP contribution < -0.4 is 5.32 Å². The summed E-state index contributed by atoms with van der Waals surface area (Å²) in [5.41, 5.74) is -0.176. The van der Waals surface area contributed by atoms with Gasteiger partial charge < -0.3 is 10.4 Å². The lowest BCUT2D eigenvalue weighted by molar-refractivity contribution is -0.113. The van der Waals surface area contributed by atoms with Gasteiger partial charge in [0.05, 0.1) is 17.5 Å². The molecule has 0 spiro atoms. The quantitative estimate of drug-likeness (QED) is 0.867. The molecule has 0 aliphatic heterocycles. The first-order valence-electron chi connectivity index (χ1n) is 5.44. The van der Waals surface area contributed by atoms with Crippen LogP contribution in [0.25, 0.3) is 0 Å². The summed E-state index contributed by atoms with van der Waals surface area (Å²) < 4.78 is 26.1. The number of thioether (sulfide) groups is 1. The molecule has 0 aliphatic carbocycles. The van der Waals surface area contributed by atoms with Crippen LogP contribution in [0.5, 0.6) is 0 Å². The Hall–Kier alpha value is -1.14. The molecule has 0 aliphatic rings. The zero-order valence-corrected chi connectivity index (χ0v) is 10.9. The van der Waals surface area contributed by atoms with Gasteiger partial charge >= 0.3 is 0 Å². The van der Waals surface area contributed by atoms with E-state index in [1.165, 1.54) is 11.8 Å². The molecule has 2 N–H and O–H groups in total. The highest BCUT2D eigenvalue weighted by Gasteiger charge is 2.13. The molecule has 0 heterocycles. The molecule has 1 rings (SSSR count). The van der Waals surface area contributed by atoms with Crippen LogP contribution in [-0.4, -0.2) is 28.1 Å². The normalized spacial score (nSPS) is 14.1. The average molecular weight is 275 g/mol. The third-order valence-corrected chi connectivity index (χ3v) is 3.71. The van der Waals surface area contributed by atoms with E-state index in [4.69, 9.17) is 0 Å². The standard InChI is InChI=1S/C12H15F2NO2S/c1-7(16)8(2)18-6-12(17)15-11-5-9(13)3-4-10(11)14/h3-5,7-8,16H,6H2,1-2H3,(H,15,17). The van der Waals surface area contributed by atoms with Gasteiger partial charge in [-0.15, -0.1) is 11.8 Å². The van der Waals surface area contributed by atoms with E-state index in [9.17, 15) is 18.7 Å². The van der Waals surface area contributed by atoms with Gasteiger partial charge in [0.15, 0.2) is 0 Å². The number of aliphatic hydroxyl groups is 1. The SMILES string of the molecule is CC(O)C(C)SCC(=O)Nc1cc(F)ccc1F. The van der Waals surface area contributed by atoms with E-state index in [-0.39, 0.29) is 16.7 Å². The number of rotatable bonds is 5. The average Bonchev–Trinajstić information content (AvgIpc) is 2.30. The lowest BCUT2D eigenvalue weighted by Gasteiger charge is -2.13. The number of aliphatic hydroxyl groups excluding tert-OH is 1. The molecule has 1 aromatic rings. The van der Waals surface area contributed by atoms with E-state index >= 15 is 0 Å². The summed E-state index contributed by atoms with van der Waals surface area (Å²) in [7, 11) is 0. The van der Waals surface area contributed by atoms with Crippen molar-refractivity contribution in [2.45, 2.75) is 25.2 Å². The van der Waals surface area contributed by atoms with Crippen molar-refractivity contribution in [3.63, 3.8) is 0 Å². The third kappa shape index (κ3) is 4.62. The van der Waals surface area contributed by atoms with Crippen molar-refractivity contribution in [1.82, 2.24) is 0 Å². The number of hydrogen-bond donors (Lipinski definition) is 2. The zero-order chi connectivity index (χ0) is 13.7. The summed E-state index contributed by atoms with van der Waals surface area (Å²) in [6, 6.07) is 2.86. The molecule has 0 saturated heterocycles. The van der Waals surface area contributed by atoms with Crippen molar-refractivity contribution in [3.05, 3.63) is 29.8 Å². The van der Waals surface area contributed by atoms with Crippen molar-refractivity contribution < 1.29 is 18.7 Å². The molecule has 1 amide bonds. The fraction of sp³-hybridized carbons (Fsp3) is 0.417. The Morgan fingerprint density at radius 1 is 1.44 bits per heavy atom. The largest absolute Gasteiger partial charge is 0.392 e. The Balaban J connectivity index is 2.52. The maximum atomic E-state index is 13.2. The Morgan fingerprint density at radius 2 is 2.11 bits per heavy atom. The van der Waals surface area contributed by atoms with Crippen molar-refractivity contribution in [1.29, 1.82) is 0 Å². The Kier molecular flexibility index (Phi) is 5.55. The van der Waals surface area contributed by atoms with Crippen LogP contribution in [0.4, 0.5) is 14.5 Å². The lowest BCUT2D eigenvalue weighted by Crippen LogP contribution is -2.21. The van der Waals surface area contributed by atoms with E-state index in [0.717, 1.165) is 18.2 Å². The molecule has 3 nitrogen and oxygen atoms in total. The van der Waals surface area contributed by atoms with Crippen LogP contribution in [-0.2, 0) is 4.79 Å². The number of nitrogens with one attached hydrogen (secondary N) is 1. The van der Waals surface area contributed by atoms with E-state index < -0.39 is 23.6 Å². The summed E-state index contributed by atoms with van der Waals surface area (Å²) in [5.74, 6) is -1.66. The molecule has 1 aromatic carbocycles. The van der Waals surface area contributed by atoms with E-state index in [1.807, 2.05) is 0 Å². The molecule has 0 radical (unpaired) electrons. The first kappa shape index (κ1) is 14.9. The first-order chi connectivity index (χ1) is 8.40. The van der Waals surface area contributed by atoms with Gasteiger partial charge in [-0.05, 0) is 19.1 Å². The maximum Gasteiger partial charge on any atom is 0.234 e. The molecule has 2 atom stereocenters. The van der Waals surface area contributed by atoms with Gasteiger partial charge in [-0.1, -0.05) is 6.92 Å². The molecular weight excluding hydrogens is 260 g/mol. The van der Waals surface area contributed by atoms with Crippen molar-refractivity contribution in [3.8, 4) is 0 Å². The number of amides is 1. The maximum absolute atomic E-state index is 13.2. The van der Waals surface area contributed by atoms with Crippen molar-refractivity contribution in [2.24, 2.45) is 0 Å². The van der Waals surface area contributed by atoms with Crippen LogP contribution in [0.15, 0.2) is 18.2 Å². The van der Waals surface area contributed by atoms with Gasteiger partial charge in [0.1, 0.15) is 11.6 Å². The summed E-state index contributed by atoms with van der Waals surface area (Å²) in [4.78, 5) is 11.5. The van der Waals surface area contributed by atoms with Crippen LogP contribution in [0.3, 0.4) is 0 Å². The summed E-state index contributed by atoms with van der Waals surface area (Å²) >= 11 is 1.24. The minimum absolute atomic E-state index is 0.0714. The van der Waals surface area contributed by atoms with Crippen LogP contribution in [0.1, 0.15) is 13.8 Å². The Morgan fingerprint density at radius 3 is 2.72 bits per heavy atom. The van der Waals surface area contributed by atoms with Gasteiger partial charge in [-0.3, -0.25) is 4.79 Å². The fourth-order valence-electron chi connectivity index (χ4n) is 1.13. The molecule has 0 aromatic heterocycles. The van der Waals surface area contributed by atoms with Crippen molar-refractivity contribution in [2.75, 3.05) is 11.1 Å². The lowest BCUT2D eigenvalue weighted by atomic mass is 10.3. The van der Waals surface area contributed by atoms with Crippen LogP contribution in [0.2, 0.25) is 0 Å². The van der Waals surface area contributed by atoms with Crippen molar-refractivity contribution >= 4 is 23.4 Å². The first-order valence-corrected chi connectivity index (χ1v) is 6.49. The Labute approximate surface area is 109 Å². The predicted octanol–water partition coefficient (Wildman–Crippen LogP) is 2.41. The van der Waals surface area contributed by atoms with Gasteiger partial charge in [0.2, 0.25) is 5.91 Å². The monoisotopic (exact) mass is 275 g/mol. The Bertz CT molecular complexity index is 427. The second-order valence-corrected chi connectivity index (χ2v) is 5.29. The van der Waals surface area contributed by atoms with E-state index in [1.54, 1.807) is 13.8 Å². The highest BCUT2D eigenvalue weighted by Crippen LogP contribution is 2.17. The zero-order valence-electron chi connectivity index (χ0n) is 10.1. The number of benzene rings is 1. The second-order valence-electron chi connectivity index (χ2n) is 3.93. The molecule has 6 heteroatoms. The summed E-state index contributed by atoms with van der Waals surface area (Å²) in [6.45, 7) is 3.41. The highest BCUT2D eigenvalue weighted by atomic mass is 32.2. The number of carbonyl (C=O) groups is 1. The number of hydrogen-bond acceptors (Lipinski definition) is 3. The topological polar surface area (TPSA) is 49.3 Å². The number of carbonyl (C=O) groups excluding carboxylic acids is 1. The van der Waals surface area contributed by atoms with Crippen LogP contribution >= 0.6 is 11.8 Å². The van der Waals surface area contributed by atoms with Gasteiger partial charge in [0.25, 0.3) is 0 Å². The predicted molar refractivity (Wildman–Crippen MR) is 68.6 cm³/mol. The molecule has 18 heavy (non-hydrogen) atoms. The molecule has 0 fully saturated rings. The number of halogens is 2. The summed E-state index contributed by atoms with van der Waals surface area (Å²) in [6.07, 6.45) is -0.534. The molecular formula is C12H15F2NO2S. The number of anilines is 1. The van der Waals surface area contributed by atoms with Gasteiger partial charge in [-0.25, -0.2) is 8.78 Å². The molecule has 0 bridgehead atoms. The smallest absolute Gasteiger partial charge is 0.234 e. The van der Waals surface area contributed by atoms with E-state index in [2.05, 4.69) is 5.32 Å². The molecule has 100 valence electrons. The van der Waals surface area contributed by atoms with Gasteiger partial charge in [-0.2, -0.15) is 0 Å². The second kappa shape index (κ2) is 6.70.